The average molecular weight is 335 g/mol. The van der Waals surface area contributed by atoms with E-state index in [0.29, 0.717) is 22.5 Å². The third kappa shape index (κ3) is 2.93. The number of aryl methyl sites for hydroxylation is 2. The van der Waals surface area contributed by atoms with Crippen LogP contribution in [0.4, 0.5) is 11.4 Å². The van der Waals surface area contributed by atoms with Crippen LogP contribution in [-0.4, -0.2) is 11.0 Å². The second-order valence-electron chi connectivity index (χ2n) is 4.64. The lowest BCUT2D eigenvalue weighted by Crippen LogP contribution is -2.14. The van der Waals surface area contributed by atoms with Gasteiger partial charge < -0.3 is 16.2 Å². The molecule has 0 radical (unpaired) electrons. The Morgan fingerprint density at radius 2 is 1.90 bits per heavy atom. The zero-order chi connectivity index (χ0) is 14.9. The highest BCUT2D eigenvalue weighted by molar-refractivity contribution is 9.10. The van der Waals surface area contributed by atoms with Crippen LogP contribution in [0.5, 0.6) is 5.75 Å². The molecule has 1 amide bonds. The number of halogens is 1. The van der Waals surface area contributed by atoms with E-state index in [1.165, 1.54) is 6.07 Å². The molecule has 2 rings (SSSR count). The van der Waals surface area contributed by atoms with Crippen molar-refractivity contribution >= 4 is 33.2 Å². The van der Waals surface area contributed by atoms with Gasteiger partial charge in [0.2, 0.25) is 0 Å². The number of benzene rings is 2. The number of carbonyl (C=O) groups is 1. The van der Waals surface area contributed by atoms with Crippen LogP contribution in [0.15, 0.2) is 34.8 Å². The third-order valence-corrected chi connectivity index (χ3v) is 3.71. The Morgan fingerprint density at radius 1 is 1.20 bits per heavy atom. The first-order valence-electron chi connectivity index (χ1n) is 6.05. The number of nitrogen functional groups attached to an aromatic ring is 1. The first-order valence-corrected chi connectivity index (χ1v) is 6.84. The molecule has 5 heteroatoms. The van der Waals surface area contributed by atoms with Gasteiger partial charge in [0.15, 0.2) is 0 Å². The summed E-state index contributed by atoms with van der Waals surface area (Å²) in [6, 6.07) is 8.20. The van der Waals surface area contributed by atoms with Crippen molar-refractivity contribution in [2.75, 3.05) is 11.1 Å². The van der Waals surface area contributed by atoms with Crippen LogP contribution in [0.1, 0.15) is 21.5 Å². The summed E-state index contributed by atoms with van der Waals surface area (Å²) in [7, 11) is 0. The van der Waals surface area contributed by atoms with Crippen LogP contribution in [0, 0.1) is 13.8 Å². The SMILES string of the molecule is Cc1cc(Br)c(NC(=O)c2ccc(O)cc2C)cc1N. The Kier molecular flexibility index (Phi) is 3.99. The smallest absolute Gasteiger partial charge is 0.255 e. The zero-order valence-corrected chi connectivity index (χ0v) is 12.8. The molecule has 2 aromatic rings. The van der Waals surface area contributed by atoms with Crippen molar-refractivity contribution in [3.63, 3.8) is 0 Å². The predicted octanol–water partition coefficient (Wildman–Crippen LogP) is 3.61. The molecule has 20 heavy (non-hydrogen) atoms. The van der Waals surface area contributed by atoms with Crippen molar-refractivity contribution in [3.8, 4) is 5.75 Å². The fourth-order valence-electron chi connectivity index (χ4n) is 1.88. The number of amides is 1. The van der Waals surface area contributed by atoms with E-state index >= 15 is 0 Å². The lowest BCUT2D eigenvalue weighted by atomic mass is 10.1. The number of hydrogen-bond donors (Lipinski definition) is 3. The molecular formula is C15H15BrN2O2. The van der Waals surface area contributed by atoms with Crippen LogP contribution in [0.2, 0.25) is 0 Å². The Hall–Kier alpha value is -2.01. The van der Waals surface area contributed by atoms with E-state index in [4.69, 9.17) is 5.73 Å². The van der Waals surface area contributed by atoms with Gasteiger partial charge in [0.1, 0.15) is 5.75 Å². The van der Waals surface area contributed by atoms with Gasteiger partial charge in [-0.3, -0.25) is 4.79 Å². The van der Waals surface area contributed by atoms with Crippen LogP contribution in [0.3, 0.4) is 0 Å². The van der Waals surface area contributed by atoms with Crippen LogP contribution < -0.4 is 11.1 Å². The van der Waals surface area contributed by atoms with Crippen molar-refractivity contribution in [1.29, 1.82) is 0 Å². The minimum atomic E-state index is -0.244. The van der Waals surface area contributed by atoms with Gasteiger partial charge in [0.05, 0.1) is 5.69 Å². The Labute approximate surface area is 125 Å². The summed E-state index contributed by atoms with van der Waals surface area (Å²) in [6.45, 7) is 3.67. The molecule has 0 aliphatic carbocycles. The minimum Gasteiger partial charge on any atom is -0.508 e. The Balaban J connectivity index is 2.30. The van der Waals surface area contributed by atoms with Gasteiger partial charge in [-0.1, -0.05) is 0 Å². The number of hydrogen-bond acceptors (Lipinski definition) is 3. The highest BCUT2D eigenvalue weighted by Crippen LogP contribution is 2.28. The highest BCUT2D eigenvalue weighted by atomic mass is 79.9. The van der Waals surface area contributed by atoms with Crippen LogP contribution in [0.25, 0.3) is 0 Å². The molecule has 0 bridgehead atoms. The monoisotopic (exact) mass is 334 g/mol. The van der Waals surface area contributed by atoms with E-state index in [2.05, 4.69) is 21.2 Å². The largest absolute Gasteiger partial charge is 0.508 e. The summed E-state index contributed by atoms with van der Waals surface area (Å²) in [5.74, 6) is -0.105. The molecule has 0 heterocycles. The van der Waals surface area contributed by atoms with E-state index in [1.807, 2.05) is 13.0 Å². The number of rotatable bonds is 2. The van der Waals surface area contributed by atoms with Crippen molar-refractivity contribution in [3.05, 3.63) is 51.5 Å². The number of anilines is 2. The maximum absolute atomic E-state index is 12.2. The van der Waals surface area contributed by atoms with Gasteiger partial charge in [-0.05, 0) is 71.2 Å². The van der Waals surface area contributed by atoms with E-state index in [9.17, 15) is 9.90 Å². The number of carbonyl (C=O) groups excluding carboxylic acids is 1. The van der Waals surface area contributed by atoms with Gasteiger partial charge in [-0.25, -0.2) is 0 Å². The molecule has 0 saturated carbocycles. The summed E-state index contributed by atoms with van der Waals surface area (Å²) in [6.07, 6.45) is 0. The topological polar surface area (TPSA) is 75.3 Å². The average Bonchev–Trinajstić information content (AvgIpc) is 2.35. The molecule has 104 valence electrons. The number of aromatic hydroxyl groups is 1. The number of phenols is 1. The predicted molar refractivity (Wildman–Crippen MR) is 84.1 cm³/mol. The quantitative estimate of drug-likeness (QED) is 0.734. The molecule has 0 spiro atoms. The number of nitrogens with two attached hydrogens (primary N) is 1. The van der Waals surface area contributed by atoms with E-state index in [0.717, 1.165) is 10.0 Å². The lowest BCUT2D eigenvalue weighted by molar-refractivity contribution is 0.102. The molecule has 0 atom stereocenters. The first kappa shape index (κ1) is 14.4. The second kappa shape index (κ2) is 5.54. The summed E-state index contributed by atoms with van der Waals surface area (Å²) >= 11 is 3.40. The molecule has 0 saturated heterocycles. The fraction of sp³-hybridized carbons (Fsp3) is 0.133. The zero-order valence-electron chi connectivity index (χ0n) is 11.2. The van der Waals surface area contributed by atoms with Gasteiger partial charge in [-0.15, -0.1) is 0 Å². The first-order chi connectivity index (χ1) is 9.38. The third-order valence-electron chi connectivity index (χ3n) is 3.06. The van der Waals surface area contributed by atoms with Gasteiger partial charge in [0, 0.05) is 15.7 Å². The molecule has 0 aromatic heterocycles. The molecule has 0 fully saturated rings. The normalized spacial score (nSPS) is 10.3. The summed E-state index contributed by atoms with van der Waals surface area (Å²) < 4.78 is 0.772. The highest BCUT2D eigenvalue weighted by Gasteiger charge is 2.12. The summed E-state index contributed by atoms with van der Waals surface area (Å²) in [5.41, 5.74) is 9.24. The van der Waals surface area contributed by atoms with Crippen molar-refractivity contribution in [2.45, 2.75) is 13.8 Å². The Bertz CT molecular complexity index is 684. The van der Waals surface area contributed by atoms with E-state index in [-0.39, 0.29) is 11.7 Å². The van der Waals surface area contributed by atoms with Crippen LogP contribution >= 0.6 is 15.9 Å². The molecule has 0 aliphatic heterocycles. The molecule has 2 aromatic carbocycles. The standard InChI is InChI=1S/C15H15BrN2O2/c1-8-5-10(19)3-4-11(8)15(20)18-14-7-13(17)9(2)6-12(14)16/h3-7,19H,17H2,1-2H3,(H,18,20). The summed E-state index contributed by atoms with van der Waals surface area (Å²) in [4.78, 5) is 12.2. The fourth-order valence-corrected chi connectivity index (χ4v) is 2.43. The van der Waals surface area contributed by atoms with Gasteiger partial charge >= 0.3 is 0 Å². The number of nitrogens with one attached hydrogen (secondary N) is 1. The van der Waals surface area contributed by atoms with E-state index in [1.54, 1.807) is 25.1 Å². The molecule has 0 unspecified atom stereocenters. The Morgan fingerprint density at radius 3 is 2.55 bits per heavy atom. The minimum absolute atomic E-state index is 0.139. The van der Waals surface area contributed by atoms with Crippen molar-refractivity contribution in [2.24, 2.45) is 0 Å². The molecule has 0 aliphatic rings. The molecule has 4 N–H and O–H groups in total. The van der Waals surface area contributed by atoms with E-state index < -0.39 is 0 Å². The summed E-state index contributed by atoms with van der Waals surface area (Å²) in [5, 5.41) is 12.2. The molecular weight excluding hydrogens is 320 g/mol. The number of phenolic OH excluding ortho intramolecular Hbond substituents is 1. The van der Waals surface area contributed by atoms with Crippen LogP contribution in [-0.2, 0) is 0 Å². The van der Waals surface area contributed by atoms with Crippen molar-refractivity contribution in [1.82, 2.24) is 0 Å². The van der Waals surface area contributed by atoms with Gasteiger partial charge in [0.25, 0.3) is 5.91 Å². The van der Waals surface area contributed by atoms with Crippen molar-refractivity contribution < 1.29 is 9.90 Å². The maximum Gasteiger partial charge on any atom is 0.255 e. The molecule has 4 nitrogen and oxygen atoms in total. The lowest BCUT2D eigenvalue weighted by Gasteiger charge is -2.11. The second-order valence-corrected chi connectivity index (χ2v) is 5.50. The van der Waals surface area contributed by atoms with Gasteiger partial charge in [-0.2, -0.15) is 0 Å². The maximum atomic E-state index is 12.2.